The number of aromatic nitrogens is 2. The minimum Gasteiger partial charge on any atom is -0.268 e. The highest BCUT2D eigenvalue weighted by molar-refractivity contribution is 9.10. The van der Waals surface area contributed by atoms with Gasteiger partial charge in [0.25, 0.3) is 5.56 Å². The van der Waals surface area contributed by atoms with Crippen LogP contribution < -0.4 is 5.56 Å². The van der Waals surface area contributed by atoms with Crippen LogP contribution in [0.25, 0.3) is 5.69 Å². The molecule has 0 radical (unpaired) electrons. The zero-order valence-corrected chi connectivity index (χ0v) is 10.3. The Labute approximate surface area is 101 Å². The molecule has 0 bridgehead atoms. The summed E-state index contributed by atoms with van der Waals surface area (Å²) in [5.74, 6) is 0. The van der Waals surface area contributed by atoms with Crippen LogP contribution in [0.2, 0.25) is 0 Å². The topological polar surface area (TPSA) is 37.8 Å². The van der Waals surface area contributed by atoms with Gasteiger partial charge < -0.3 is 0 Å². The van der Waals surface area contributed by atoms with E-state index in [4.69, 9.17) is 0 Å². The molecule has 1 aliphatic carbocycles. The maximum atomic E-state index is 11.7. The third kappa shape index (κ3) is 1.37. The molecule has 1 heterocycles. The van der Waals surface area contributed by atoms with Gasteiger partial charge >= 0.3 is 0 Å². The summed E-state index contributed by atoms with van der Waals surface area (Å²) >= 11 is 3.51. The second-order valence-corrected chi connectivity index (χ2v) is 4.86. The van der Waals surface area contributed by atoms with E-state index in [-0.39, 0.29) is 5.56 Å². The normalized spacial score (nSPS) is 14.1. The lowest BCUT2D eigenvalue weighted by atomic mass is 10.3. The van der Waals surface area contributed by atoms with Gasteiger partial charge in [0.05, 0.1) is 5.69 Å². The number of halogens is 1. The van der Waals surface area contributed by atoms with E-state index in [0.717, 1.165) is 40.7 Å². The van der Waals surface area contributed by atoms with Crippen LogP contribution in [-0.4, -0.2) is 9.78 Å². The van der Waals surface area contributed by atoms with E-state index in [0.29, 0.717) is 0 Å². The Morgan fingerprint density at radius 3 is 2.88 bits per heavy atom. The molecule has 16 heavy (non-hydrogen) atoms. The zero-order valence-electron chi connectivity index (χ0n) is 8.66. The fourth-order valence-electron chi connectivity index (χ4n) is 2.29. The van der Waals surface area contributed by atoms with E-state index in [1.165, 1.54) is 0 Å². The summed E-state index contributed by atoms with van der Waals surface area (Å²) in [5, 5.41) is 2.90. The third-order valence-electron chi connectivity index (χ3n) is 3.04. The zero-order chi connectivity index (χ0) is 11.1. The first kappa shape index (κ1) is 9.90. The SMILES string of the molecule is O=c1[nH]n(-c2ccccc2Br)c2c1CCC2. The summed E-state index contributed by atoms with van der Waals surface area (Å²) in [6.45, 7) is 0. The molecular weight excluding hydrogens is 268 g/mol. The van der Waals surface area contributed by atoms with Crippen LogP contribution >= 0.6 is 15.9 Å². The van der Waals surface area contributed by atoms with Crippen molar-refractivity contribution < 1.29 is 0 Å². The molecule has 3 nitrogen and oxygen atoms in total. The Morgan fingerprint density at radius 1 is 1.25 bits per heavy atom. The largest absolute Gasteiger partial charge is 0.268 e. The van der Waals surface area contributed by atoms with Crippen molar-refractivity contribution in [2.45, 2.75) is 19.3 Å². The molecule has 82 valence electrons. The van der Waals surface area contributed by atoms with Crippen LogP contribution in [0.15, 0.2) is 33.5 Å². The van der Waals surface area contributed by atoms with Crippen molar-refractivity contribution in [3.05, 3.63) is 50.3 Å². The van der Waals surface area contributed by atoms with Gasteiger partial charge in [0.2, 0.25) is 0 Å². The molecule has 0 spiro atoms. The quantitative estimate of drug-likeness (QED) is 0.855. The van der Waals surface area contributed by atoms with Gasteiger partial charge in [-0.05, 0) is 47.3 Å². The second-order valence-electron chi connectivity index (χ2n) is 4.01. The summed E-state index contributed by atoms with van der Waals surface area (Å²) in [6, 6.07) is 7.92. The fourth-order valence-corrected chi connectivity index (χ4v) is 2.76. The average Bonchev–Trinajstić information content (AvgIpc) is 2.84. The molecule has 2 aromatic rings. The van der Waals surface area contributed by atoms with Gasteiger partial charge in [0.15, 0.2) is 0 Å². The molecule has 0 unspecified atom stereocenters. The number of aromatic amines is 1. The maximum absolute atomic E-state index is 11.7. The van der Waals surface area contributed by atoms with Gasteiger partial charge in [0, 0.05) is 15.7 Å². The Bertz CT molecular complexity index is 597. The predicted octanol–water partition coefficient (Wildman–Crippen LogP) is 2.42. The van der Waals surface area contributed by atoms with Crippen molar-refractivity contribution in [1.29, 1.82) is 0 Å². The fraction of sp³-hybridized carbons (Fsp3) is 0.250. The average molecular weight is 279 g/mol. The summed E-state index contributed by atoms with van der Waals surface area (Å²) in [4.78, 5) is 11.7. The summed E-state index contributed by atoms with van der Waals surface area (Å²) in [7, 11) is 0. The third-order valence-corrected chi connectivity index (χ3v) is 3.71. The van der Waals surface area contributed by atoms with E-state index in [1.807, 2.05) is 28.9 Å². The number of hydrogen-bond donors (Lipinski definition) is 1. The number of para-hydroxylation sites is 1. The van der Waals surface area contributed by atoms with Gasteiger partial charge in [-0.15, -0.1) is 0 Å². The highest BCUT2D eigenvalue weighted by Crippen LogP contribution is 2.25. The molecule has 0 fully saturated rings. The van der Waals surface area contributed by atoms with Crippen LogP contribution in [-0.2, 0) is 12.8 Å². The van der Waals surface area contributed by atoms with Gasteiger partial charge in [-0.25, -0.2) is 0 Å². The van der Waals surface area contributed by atoms with Crippen molar-refractivity contribution in [2.75, 3.05) is 0 Å². The lowest BCUT2D eigenvalue weighted by molar-refractivity contribution is 0.771. The Kier molecular flexibility index (Phi) is 2.24. The van der Waals surface area contributed by atoms with Crippen molar-refractivity contribution in [1.82, 2.24) is 9.78 Å². The van der Waals surface area contributed by atoms with Crippen LogP contribution in [0.4, 0.5) is 0 Å². The molecule has 3 rings (SSSR count). The molecule has 1 aromatic carbocycles. The number of hydrogen-bond acceptors (Lipinski definition) is 1. The minimum atomic E-state index is 0.0586. The Morgan fingerprint density at radius 2 is 2.06 bits per heavy atom. The molecule has 4 heteroatoms. The van der Waals surface area contributed by atoms with Crippen LogP contribution in [0, 0.1) is 0 Å². The first-order chi connectivity index (χ1) is 7.77. The van der Waals surface area contributed by atoms with Crippen molar-refractivity contribution >= 4 is 15.9 Å². The maximum Gasteiger partial charge on any atom is 0.267 e. The second kappa shape index (κ2) is 3.63. The highest BCUT2D eigenvalue weighted by Gasteiger charge is 2.21. The first-order valence-electron chi connectivity index (χ1n) is 5.35. The smallest absolute Gasteiger partial charge is 0.267 e. The van der Waals surface area contributed by atoms with E-state index in [2.05, 4.69) is 21.0 Å². The van der Waals surface area contributed by atoms with Gasteiger partial charge in [0.1, 0.15) is 0 Å². The lowest BCUT2D eigenvalue weighted by Gasteiger charge is -2.08. The van der Waals surface area contributed by atoms with E-state index >= 15 is 0 Å². The molecule has 1 aromatic heterocycles. The number of benzene rings is 1. The lowest BCUT2D eigenvalue weighted by Crippen LogP contribution is -2.08. The van der Waals surface area contributed by atoms with Crippen LogP contribution in [0.5, 0.6) is 0 Å². The number of H-pyrrole nitrogens is 1. The summed E-state index contributed by atoms with van der Waals surface area (Å²) in [6.07, 6.45) is 2.97. The molecule has 0 aliphatic heterocycles. The monoisotopic (exact) mass is 278 g/mol. The number of nitrogens with one attached hydrogen (secondary N) is 1. The number of nitrogens with zero attached hydrogens (tertiary/aromatic N) is 1. The summed E-state index contributed by atoms with van der Waals surface area (Å²) in [5.41, 5.74) is 3.15. The van der Waals surface area contributed by atoms with Crippen molar-refractivity contribution in [2.24, 2.45) is 0 Å². The molecule has 0 amide bonds. The first-order valence-corrected chi connectivity index (χ1v) is 6.14. The standard InChI is InChI=1S/C12H11BrN2O/c13-9-5-1-2-6-11(9)15-10-7-3-4-8(10)12(16)14-15/h1-2,5-6H,3-4,7H2,(H,14,16). The number of fused-ring (bicyclic) bond motifs is 1. The minimum absolute atomic E-state index is 0.0586. The van der Waals surface area contributed by atoms with Crippen molar-refractivity contribution in [3.8, 4) is 5.69 Å². The summed E-state index contributed by atoms with van der Waals surface area (Å²) < 4.78 is 2.91. The molecule has 1 aliphatic rings. The van der Waals surface area contributed by atoms with E-state index in [1.54, 1.807) is 0 Å². The number of rotatable bonds is 1. The molecule has 0 saturated heterocycles. The van der Waals surface area contributed by atoms with Crippen molar-refractivity contribution in [3.63, 3.8) is 0 Å². The Hall–Kier alpha value is -1.29. The van der Waals surface area contributed by atoms with Gasteiger partial charge in [-0.1, -0.05) is 12.1 Å². The predicted molar refractivity (Wildman–Crippen MR) is 66.1 cm³/mol. The molecule has 1 N–H and O–H groups in total. The van der Waals surface area contributed by atoms with Gasteiger partial charge in [-0.3, -0.25) is 14.6 Å². The molecule has 0 atom stereocenters. The van der Waals surface area contributed by atoms with E-state index in [9.17, 15) is 4.79 Å². The highest BCUT2D eigenvalue weighted by atomic mass is 79.9. The molecular formula is C12H11BrN2O. The van der Waals surface area contributed by atoms with E-state index < -0.39 is 0 Å². The van der Waals surface area contributed by atoms with Crippen LogP contribution in [0.3, 0.4) is 0 Å². The Balaban J connectivity index is 2.25. The molecule has 0 saturated carbocycles. The van der Waals surface area contributed by atoms with Gasteiger partial charge in [-0.2, -0.15) is 0 Å². The van der Waals surface area contributed by atoms with Crippen LogP contribution in [0.1, 0.15) is 17.7 Å².